The molecule has 0 bridgehead atoms. The largest absolute Gasteiger partial charge is 0.484 e. The third-order valence-corrected chi connectivity index (χ3v) is 3.16. The molecule has 5 nitrogen and oxygen atoms in total. The summed E-state index contributed by atoms with van der Waals surface area (Å²) < 4.78 is 19.5. The number of hydrogen-bond acceptors (Lipinski definition) is 3. The van der Waals surface area contributed by atoms with Gasteiger partial charge in [-0.2, -0.15) is 0 Å². The number of carboxylic acids is 1. The molecule has 0 amide bonds. The Hall–Kier alpha value is -2.37. The topological polar surface area (TPSA) is 68.5 Å². The third kappa shape index (κ3) is 1.68. The lowest BCUT2D eigenvalue weighted by molar-refractivity contribution is 0.0693. The second-order valence-electron chi connectivity index (χ2n) is 4.37. The first-order valence-corrected chi connectivity index (χ1v) is 5.74. The van der Waals surface area contributed by atoms with E-state index in [0.29, 0.717) is 16.7 Å². The van der Waals surface area contributed by atoms with Crippen LogP contribution in [-0.2, 0) is 6.54 Å². The first kappa shape index (κ1) is 11.7. The van der Waals surface area contributed by atoms with Crippen molar-refractivity contribution in [2.75, 3.05) is 6.67 Å². The molecule has 1 aromatic heterocycles. The summed E-state index contributed by atoms with van der Waals surface area (Å²) in [6, 6.07) is 6.33. The first-order valence-electron chi connectivity index (χ1n) is 5.74. The van der Waals surface area contributed by atoms with Crippen molar-refractivity contribution in [3.63, 3.8) is 0 Å². The van der Waals surface area contributed by atoms with Crippen LogP contribution in [0, 0.1) is 0 Å². The highest BCUT2D eigenvalue weighted by atomic mass is 19.1. The lowest BCUT2D eigenvalue weighted by Crippen LogP contribution is -2.37. The van der Waals surface area contributed by atoms with Crippen LogP contribution in [0.25, 0.3) is 10.9 Å². The summed E-state index contributed by atoms with van der Waals surface area (Å²) in [5.74, 6) is -0.884. The van der Waals surface area contributed by atoms with Crippen LogP contribution in [0.4, 0.5) is 4.39 Å². The van der Waals surface area contributed by atoms with E-state index in [4.69, 9.17) is 9.84 Å². The van der Waals surface area contributed by atoms with Gasteiger partial charge < -0.3 is 14.4 Å². The van der Waals surface area contributed by atoms with Crippen molar-refractivity contribution >= 4 is 16.9 Å². The van der Waals surface area contributed by atoms with Crippen LogP contribution >= 0.6 is 0 Å². The molecule has 2 aromatic rings. The van der Waals surface area contributed by atoms with E-state index >= 15 is 0 Å². The number of halogens is 1. The molecular formula is C13H10FNO4. The van der Waals surface area contributed by atoms with E-state index in [0.717, 1.165) is 0 Å². The molecule has 1 aliphatic rings. The highest BCUT2D eigenvalue weighted by Crippen LogP contribution is 2.29. The number of para-hydroxylation sites is 1. The Bertz CT molecular complexity index is 737. The Labute approximate surface area is 106 Å². The van der Waals surface area contributed by atoms with Crippen molar-refractivity contribution in [2.45, 2.75) is 12.6 Å². The van der Waals surface area contributed by atoms with Gasteiger partial charge in [-0.1, -0.05) is 12.1 Å². The number of nitrogens with zero attached hydrogens (tertiary/aromatic N) is 1. The van der Waals surface area contributed by atoms with Gasteiger partial charge in [0.25, 0.3) is 5.56 Å². The van der Waals surface area contributed by atoms with Crippen LogP contribution in [0.2, 0.25) is 0 Å². The fourth-order valence-corrected chi connectivity index (χ4v) is 2.33. The van der Waals surface area contributed by atoms with Crippen molar-refractivity contribution in [3.05, 3.63) is 40.2 Å². The summed E-state index contributed by atoms with van der Waals surface area (Å²) in [5, 5.41) is 9.63. The maximum absolute atomic E-state index is 12.8. The Morgan fingerprint density at radius 1 is 1.53 bits per heavy atom. The number of alkyl halides is 1. The molecule has 1 N–H and O–H groups in total. The highest BCUT2D eigenvalue weighted by Gasteiger charge is 2.25. The van der Waals surface area contributed by atoms with E-state index < -0.39 is 24.3 Å². The second kappa shape index (κ2) is 4.08. The van der Waals surface area contributed by atoms with Gasteiger partial charge in [-0.25, -0.2) is 9.18 Å². The minimum atomic E-state index is -1.29. The van der Waals surface area contributed by atoms with E-state index in [9.17, 15) is 14.0 Å². The summed E-state index contributed by atoms with van der Waals surface area (Å²) >= 11 is 0. The quantitative estimate of drug-likeness (QED) is 0.890. The summed E-state index contributed by atoms with van der Waals surface area (Å²) in [6.45, 7) is -0.719. The van der Waals surface area contributed by atoms with Crippen LogP contribution in [0.3, 0.4) is 0 Å². The number of pyridine rings is 1. The number of aromatic nitrogens is 1. The van der Waals surface area contributed by atoms with Crippen molar-refractivity contribution in [1.82, 2.24) is 4.57 Å². The molecule has 98 valence electrons. The Morgan fingerprint density at radius 2 is 2.32 bits per heavy atom. The van der Waals surface area contributed by atoms with Gasteiger partial charge in [0, 0.05) is 5.39 Å². The van der Waals surface area contributed by atoms with E-state index in [1.807, 2.05) is 0 Å². The average Bonchev–Trinajstić information content (AvgIpc) is 2.41. The Kier molecular flexibility index (Phi) is 2.51. The van der Waals surface area contributed by atoms with Crippen LogP contribution in [0.15, 0.2) is 29.1 Å². The number of carbonyl (C=O) groups is 1. The molecule has 0 saturated heterocycles. The SMILES string of the molecule is O=C(O)c1cc2cccc3c2n(c1=O)CC(CF)O3. The monoisotopic (exact) mass is 263 g/mol. The number of carboxylic acid groups (broad SMARTS) is 1. The van der Waals surface area contributed by atoms with Crippen LogP contribution in [-0.4, -0.2) is 28.4 Å². The van der Waals surface area contributed by atoms with Gasteiger partial charge in [-0.3, -0.25) is 4.79 Å². The summed E-state index contributed by atoms with van der Waals surface area (Å²) in [6.07, 6.45) is -0.764. The predicted molar refractivity (Wildman–Crippen MR) is 65.6 cm³/mol. The normalized spacial score (nSPS) is 17.2. The van der Waals surface area contributed by atoms with Crippen molar-refractivity contribution in [2.24, 2.45) is 0 Å². The minimum absolute atomic E-state index is 0.0178. The molecule has 1 atom stereocenters. The molecule has 3 rings (SSSR count). The number of benzene rings is 1. The minimum Gasteiger partial charge on any atom is -0.484 e. The molecule has 2 heterocycles. The second-order valence-corrected chi connectivity index (χ2v) is 4.37. The fourth-order valence-electron chi connectivity index (χ4n) is 2.33. The van der Waals surface area contributed by atoms with E-state index in [-0.39, 0.29) is 12.1 Å². The van der Waals surface area contributed by atoms with E-state index in [1.54, 1.807) is 18.2 Å². The third-order valence-electron chi connectivity index (χ3n) is 3.16. The summed E-state index contributed by atoms with van der Waals surface area (Å²) in [7, 11) is 0. The van der Waals surface area contributed by atoms with Crippen LogP contribution in [0.1, 0.15) is 10.4 Å². The van der Waals surface area contributed by atoms with E-state index in [1.165, 1.54) is 10.6 Å². The van der Waals surface area contributed by atoms with Gasteiger partial charge in [0.1, 0.15) is 24.1 Å². The number of aromatic carboxylic acids is 1. The predicted octanol–water partition coefficient (Wildman–Crippen LogP) is 1.43. The zero-order chi connectivity index (χ0) is 13.6. The lowest BCUT2D eigenvalue weighted by Gasteiger charge is -2.26. The number of ether oxygens (including phenoxy) is 1. The van der Waals surface area contributed by atoms with Crippen molar-refractivity contribution in [3.8, 4) is 5.75 Å². The lowest BCUT2D eigenvalue weighted by atomic mass is 10.1. The molecular weight excluding hydrogens is 253 g/mol. The van der Waals surface area contributed by atoms with Gasteiger partial charge in [0.15, 0.2) is 0 Å². The van der Waals surface area contributed by atoms with Gasteiger partial charge in [0.05, 0.1) is 12.1 Å². The van der Waals surface area contributed by atoms with Crippen molar-refractivity contribution in [1.29, 1.82) is 0 Å². The molecule has 0 radical (unpaired) electrons. The van der Waals surface area contributed by atoms with Crippen LogP contribution < -0.4 is 10.3 Å². The highest BCUT2D eigenvalue weighted by molar-refractivity contribution is 5.94. The first-order chi connectivity index (χ1) is 9.11. The van der Waals surface area contributed by atoms with Gasteiger partial charge in [-0.05, 0) is 12.1 Å². The molecule has 1 aliphatic heterocycles. The molecule has 6 heteroatoms. The van der Waals surface area contributed by atoms with E-state index in [2.05, 4.69) is 0 Å². The summed E-state index contributed by atoms with van der Waals surface area (Å²) in [4.78, 5) is 23.2. The summed E-state index contributed by atoms with van der Waals surface area (Å²) in [5.41, 5.74) is -0.430. The Balaban J connectivity index is 2.39. The number of rotatable bonds is 2. The molecule has 19 heavy (non-hydrogen) atoms. The molecule has 0 saturated carbocycles. The smallest absolute Gasteiger partial charge is 0.341 e. The average molecular weight is 263 g/mol. The zero-order valence-electron chi connectivity index (χ0n) is 9.80. The zero-order valence-corrected chi connectivity index (χ0v) is 9.80. The van der Waals surface area contributed by atoms with Gasteiger partial charge in [-0.15, -0.1) is 0 Å². The molecule has 1 aromatic carbocycles. The fraction of sp³-hybridized carbons (Fsp3) is 0.231. The maximum Gasteiger partial charge on any atom is 0.341 e. The Morgan fingerprint density at radius 3 is 3.00 bits per heavy atom. The van der Waals surface area contributed by atoms with Gasteiger partial charge in [0.2, 0.25) is 0 Å². The molecule has 1 unspecified atom stereocenters. The molecule has 0 aliphatic carbocycles. The molecule has 0 fully saturated rings. The van der Waals surface area contributed by atoms with Gasteiger partial charge >= 0.3 is 5.97 Å². The van der Waals surface area contributed by atoms with Crippen LogP contribution in [0.5, 0.6) is 5.75 Å². The van der Waals surface area contributed by atoms with Crippen molar-refractivity contribution < 1.29 is 19.0 Å². The standard InChI is InChI=1S/C13H10FNO4/c14-5-8-6-15-11-7(2-1-3-10(11)19-8)4-9(12(15)16)13(17)18/h1-4,8H,5-6H2,(H,17,18). The maximum atomic E-state index is 12.8. The molecule has 0 spiro atoms. The number of hydrogen-bond donors (Lipinski definition) is 1.